The third kappa shape index (κ3) is 3.29. The van der Waals surface area contributed by atoms with Crippen LogP contribution in [0.2, 0.25) is 0 Å². The molecule has 0 radical (unpaired) electrons. The molecular weight excluding hydrogens is 248 g/mol. The van der Waals surface area contributed by atoms with Crippen LogP contribution in [0.3, 0.4) is 0 Å². The van der Waals surface area contributed by atoms with Gasteiger partial charge in [-0.2, -0.15) is 0 Å². The number of rotatable bonds is 4. The van der Waals surface area contributed by atoms with Crippen LogP contribution in [-0.4, -0.2) is 6.54 Å². The number of aryl methyl sites for hydroxylation is 1. The summed E-state index contributed by atoms with van der Waals surface area (Å²) < 4.78 is 31.8. The average molecular weight is 263 g/mol. The topological polar surface area (TPSA) is 35.2 Å². The van der Waals surface area contributed by atoms with Gasteiger partial charge in [-0.3, -0.25) is 0 Å². The van der Waals surface area contributed by atoms with E-state index in [0.29, 0.717) is 12.3 Å². The van der Waals surface area contributed by atoms with Crippen molar-refractivity contribution >= 4 is 0 Å². The molecule has 0 amide bonds. The van der Waals surface area contributed by atoms with Gasteiger partial charge >= 0.3 is 0 Å². The van der Waals surface area contributed by atoms with Gasteiger partial charge in [0.1, 0.15) is 11.6 Å². The van der Waals surface area contributed by atoms with Crippen LogP contribution in [-0.2, 0) is 6.42 Å². The van der Waals surface area contributed by atoms with E-state index >= 15 is 0 Å². The van der Waals surface area contributed by atoms with Gasteiger partial charge in [-0.1, -0.05) is 6.07 Å². The summed E-state index contributed by atoms with van der Waals surface area (Å²) in [7, 11) is 0. The molecule has 0 atom stereocenters. The smallest absolute Gasteiger partial charge is 0.165 e. The highest BCUT2D eigenvalue weighted by Gasteiger charge is 2.07. The maximum absolute atomic E-state index is 13.4. The minimum absolute atomic E-state index is 0.119. The van der Waals surface area contributed by atoms with Crippen molar-refractivity contribution in [2.45, 2.75) is 13.3 Å². The first-order valence-corrected chi connectivity index (χ1v) is 6.02. The van der Waals surface area contributed by atoms with Crippen LogP contribution in [0.15, 0.2) is 36.4 Å². The molecule has 0 saturated carbocycles. The molecule has 2 rings (SSSR count). The van der Waals surface area contributed by atoms with E-state index in [0.717, 1.165) is 35.7 Å². The van der Waals surface area contributed by atoms with Crippen LogP contribution in [0.25, 0.3) is 0 Å². The molecule has 0 bridgehead atoms. The summed E-state index contributed by atoms with van der Waals surface area (Å²) >= 11 is 0. The molecule has 2 nitrogen and oxygen atoms in total. The van der Waals surface area contributed by atoms with E-state index in [2.05, 4.69) is 0 Å². The molecule has 0 heterocycles. The molecule has 0 aliphatic heterocycles. The molecule has 0 aromatic heterocycles. The predicted octanol–water partition coefficient (Wildman–Crippen LogP) is 3.57. The van der Waals surface area contributed by atoms with Crippen LogP contribution in [0, 0.1) is 18.6 Å². The number of nitrogens with two attached hydrogens (primary N) is 1. The Kier molecular flexibility index (Phi) is 4.12. The number of hydrogen-bond acceptors (Lipinski definition) is 2. The fourth-order valence-electron chi connectivity index (χ4n) is 1.85. The largest absolute Gasteiger partial charge is 0.454 e. The molecule has 0 aliphatic rings. The molecule has 19 heavy (non-hydrogen) atoms. The van der Waals surface area contributed by atoms with Crippen molar-refractivity contribution in [3.8, 4) is 11.5 Å². The van der Waals surface area contributed by atoms with Crippen LogP contribution in [0.5, 0.6) is 11.5 Å². The second kappa shape index (κ2) is 5.80. The SMILES string of the molecule is Cc1cc(Oc2cc(F)ccc2F)ccc1CCN. The first kappa shape index (κ1) is 13.5. The molecule has 2 N–H and O–H groups in total. The van der Waals surface area contributed by atoms with Gasteiger partial charge < -0.3 is 10.5 Å². The van der Waals surface area contributed by atoms with E-state index in [9.17, 15) is 8.78 Å². The zero-order chi connectivity index (χ0) is 13.8. The van der Waals surface area contributed by atoms with Crippen molar-refractivity contribution in [2.75, 3.05) is 6.54 Å². The quantitative estimate of drug-likeness (QED) is 0.915. The van der Waals surface area contributed by atoms with Gasteiger partial charge in [0, 0.05) is 6.07 Å². The molecule has 0 saturated heterocycles. The summed E-state index contributed by atoms with van der Waals surface area (Å²) in [5.41, 5.74) is 7.64. The van der Waals surface area contributed by atoms with Gasteiger partial charge in [0.2, 0.25) is 0 Å². The third-order valence-corrected chi connectivity index (χ3v) is 2.85. The summed E-state index contributed by atoms with van der Waals surface area (Å²) in [6.07, 6.45) is 0.778. The van der Waals surface area contributed by atoms with E-state index in [4.69, 9.17) is 10.5 Å². The Hall–Kier alpha value is -1.94. The van der Waals surface area contributed by atoms with Crippen molar-refractivity contribution in [1.29, 1.82) is 0 Å². The van der Waals surface area contributed by atoms with Gasteiger partial charge in [-0.05, 0) is 55.3 Å². The lowest BCUT2D eigenvalue weighted by Gasteiger charge is -2.10. The number of halogens is 2. The van der Waals surface area contributed by atoms with E-state index in [1.165, 1.54) is 0 Å². The highest BCUT2D eigenvalue weighted by atomic mass is 19.1. The highest BCUT2D eigenvalue weighted by Crippen LogP contribution is 2.26. The molecule has 0 spiro atoms. The lowest BCUT2D eigenvalue weighted by molar-refractivity contribution is 0.436. The summed E-state index contributed by atoms with van der Waals surface area (Å²) in [5.74, 6) is -0.772. The second-order valence-electron chi connectivity index (χ2n) is 4.30. The molecule has 0 unspecified atom stereocenters. The van der Waals surface area contributed by atoms with Gasteiger partial charge in [-0.15, -0.1) is 0 Å². The number of benzene rings is 2. The van der Waals surface area contributed by atoms with Gasteiger partial charge in [-0.25, -0.2) is 8.78 Å². The van der Waals surface area contributed by atoms with Gasteiger partial charge in [0.25, 0.3) is 0 Å². The van der Waals surface area contributed by atoms with E-state index in [-0.39, 0.29) is 5.75 Å². The standard InChI is InChI=1S/C15H15F2NO/c1-10-8-13(4-2-11(10)6-7-18)19-15-9-12(16)3-5-14(15)17/h2-5,8-9H,6-7,18H2,1H3. The van der Waals surface area contributed by atoms with Crippen molar-refractivity contribution in [3.63, 3.8) is 0 Å². The molecule has 2 aromatic carbocycles. The Morgan fingerprint density at radius 1 is 1.11 bits per heavy atom. The number of ether oxygens (including phenoxy) is 1. The Morgan fingerprint density at radius 2 is 1.89 bits per heavy atom. The van der Waals surface area contributed by atoms with Gasteiger partial charge in [0.15, 0.2) is 11.6 Å². The van der Waals surface area contributed by atoms with Crippen molar-refractivity contribution in [3.05, 3.63) is 59.2 Å². The monoisotopic (exact) mass is 263 g/mol. The Bertz CT molecular complexity index is 584. The predicted molar refractivity (Wildman–Crippen MR) is 70.4 cm³/mol. The van der Waals surface area contributed by atoms with Crippen molar-refractivity contribution in [2.24, 2.45) is 5.73 Å². The fraction of sp³-hybridized carbons (Fsp3) is 0.200. The van der Waals surface area contributed by atoms with Crippen molar-refractivity contribution < 1.29 is 13.5 Å². The van der Waals surface area contributed by atoms with Crippen molar-refractivity contribution in [1.82, 2.24) is 0 Å². The van der Waals surface area contributed by atoms with Crippen LogP contribution < -0.4 is 10.5 Å². The van der Waals surface area contributed by atoms with Crippen LogP contribution in [0.1, 0.15) is 11.1 Å². The Balaban J connectivity index is 2.24. The first-order valence-electron chi connectivity index (χ1n) is 6.02. The minimum atomic E-state index is -0.593. The summed E-state index contributed by atoms with van der Waals surface area (Å²) in [6.45, 7) is 2.50. The highest BCUT2D eigenvalue weighted by molar-refractivity contribution is 5.38. The zero-order valence-corrected chi connectivity index (χ0v) is 10.6. The third-order valence-electron chi connectivity index (χ3n) is 2.85. The normalized spacial score (nSPS) is 10.5. The molecule has 100 valence electrons. The Labute approximate surface area is 110 Å². The maximum atomic E-state index is 13.4. The molecule has 0 fully saturated rings. The molecule has 0 aliphatic carbocycles. The molecule has 4 heteroatoms. The van der Waals surface area contributed by atoms with Gasteiger partial charge in [0.05, 0.1) is 0 Å². The summed E-state index contributed by atoms with van der Waals surface area (Å²) in [6, 6.07) is 8.52. The van der Waals surface area contributed by atoms with E-state index in [1.54, 1.807) is 12.1 Å². The number of hydrogen-bond donors (Lipinski definition) is 1. The van der Waals surface area contributed by atoms with E-state index < -0.39 is 11.6 Å². The molecule has 2 aromatic rings. The van der Waals surface area contributed by atoms with E-state index in [1.807, 2.05) is 13.0 Å². The lowest BCUT2D eigenvalue weighted by atomic mass is 10.1. The fourth-order valence-corrected chi connectivity index (χ4v) is 1.85. The Morgan fingerprint density at radius 3 is 2.58 bits per heavy atom. The maximum Gasteiger partial charge on any atom is 0.165 e. The summed E-state index contributed by atoms with van der Waals surface area (Å²) in [4.78, 5) is 0. The first-order chi connectivity index (χ1) is 9.10. The van der Waals surface area contributed by atoms with Crippen LogP contribution in [0.4, 0.5) is 8.78 Å². The molecular formula is C15H15F2NO. The lowest BCUT2D eigenvalue weighted by Crippen LogP contribution is -2.04. The summed E-state index contributed by atoms with van der Waals surface area (Å²) in [5, 5.41) is 0. The minimum Gasteiger partial charge on any atom is -0.454 e. The average Bonchev–Trinajstić information content (AvgIpc) is 2.37. The second-order valence-corrected chi connectivity index (χ2v) is 4.30. The zero-order valence-electron chi connectivity index (χ0n) is 10.6. The van der Waals surface area contributed by atoms with Crippen LogP contribution >= 0.6 is 0 Å².